The second kappa shape index (κ2) is 37.8. The lowest BCUT2D eigenvalue weighted by molar-refractivity contribution is -0.125. The number of rotatable bonds is 14. The van der Waals surface area contributed by atoms with E-state index < -0.39 is 5.92 Å². The lowest BCUT2D eigenvalue weighted by atomic mass is 9.98. The quantitative estimate of drug-likeness (QED) is 0.0522. The number of benzene rings is 4. The fraction of sp³-hybridized carbons (Fsp3) is 0.0779. The lowest BCUT2D eigenvalue weighted by Gasteiger charge is -2.13. The normalized spacial score (nSPS) is 12.0. The van der Waals surface area contributed by atoms with Crippen LogP contribution in [0.15, 0.2) is 232 Å². The predicted octanol–water partition coefficient (Wildman–Crippen LogP) is 17.3. The number of hydrogen-bond acceptors (Lipinski definition) is 15. The van der Waals surface area contributed by atoms with E-state index in [2.05, 4.69) is 75.4 Å². The zero-order chi connectivity index (χ0) is 67.7. The average Bonchev–Trinajstić information content (AvgIpc) is 1.78. The van der Waals surface area contributed by atoms with Gasteiger partial charge in [0.1, 0.15) is 34.5 Å². The van der Waals surface area contributed by atoms with Crippen LogP contribution >= 0.6 is 34.2 Å². The van der Waals surface area contributed by atoms with Crippen LogP contribution in [0.1, 0.15) is 100 Å². The highest BCUT2D eigenvalue weighted by Gasteiger charge is 2.34. The minimum absolute atomic E-state index is 0.110. The molecule has 0 saturated carbocycles. The molecule has 1 saturated heterocycles. The van der Waals surface area contributed by atoms with Crippen LogP contribution in [0, 0.1) is 31.3 Å². The Labute approximate surface area is 570 Å². The summed E-state index contributed by atoms with van der Waals surface area (Å²) in [5, 5.41) is 20.7. The molecule has 7 aromatic heterocycles. The molecule has 11 aromatic rings. The van der Waals surface area contributed by atoms with Crippen molar-refractivity contribution in [1.82, 2.24) is 40.2 Å². The van der Waals surface area contributed by atoms with Gasteiger partial charge in [-0.2, -0.15) is 0 Å². The number of nitrogens with one attached hydrogen (secondary N) is 1. The van der Waals surface area contributed by atoms with Gasteiger partial charge in [0.15, 0.2) is 12.6 Å². The van der Waals surface area contributed by atoms with Gasteiger partial charge in [0, 0.05) is 101 Å². The minimum atomic E-state index is -0.572. The molecule has 1 fully saturated rings. The third-order valence-electron chi connectivity index (χ3n) is 13.2. The highest BCUT2D eigenvalue weighted by molar-refractivity contribution is 14.1. The van der Waals surface area contributed by atoms with Crippen molar-refractivity contribution < 1.29 is 38.9 Å². The Morgan fingerprint density at radius 3 is 1.38 bits per heavy atom. The molecule has 1 unspecified atom stereocenters. The van der Waals surface area contributed by atoms with Crippen molar-refractivity contribution in [3.63, 3.8) is 0 Å². The van der Waals surface area contributed by atoms with Gasteiger partial charge in [-0.3, -0.25) is 59.4 Å². The molecule has 476 valence electrons. The fourth-order valence-electron chi connectivity index (χ4n) is 8.46. The number of aromatic nitrogens is 7. The van der Waals surface area contributed by atoms with Gasteiger partial charge in [0.2, 0.25) is 11.8 Å². The molecule has 0 spiro atoms. The summed E-state index contributed by atoms with van der Waals surface area (Å²) in [7, 11) is 0. The van der Waals surface area contributed by atoms with Gasteiger partial charge in [0.25, 0.3) is 0 Å². The number of hydrogen-bond donors (Lipinski definition) is 3. The molecule has 0 radical (unpaired) electrons. The van der Waals surface area contributed by atoms with Crippen LogP contribution in [0.3, 0.4) is 0 Å². The van der Waals surface area contributed by atoms with E-state index in [-0.39, 0.29) is 24.0 Å². The zero-order valence-corrected chi connectivity index (χ0v) is 55.2. The van der Waals surface area contributed by atoms with Crippen molar-refractivity contribution in [3.8, 4) is 34.5 Å². The van der Waals surface area contributed by atoms with Crippen LogP contribution in [0.4, 0.5) is 0 Å². The fourth-order valence-corrected chi connectivity index (χ4v) is 8.97. The Morgan fingerprint density at radius 2 is 0.926 bits per heavy atom. The maximum absolute atomic E-state index is 12.0. The monoisotopic (exact) mass is 1390 g/mol. The Bertz CT molecular complexity index is 4400. The van der Waals surface area contributed by atoms with E-state index in [4.69, 9.17) is 31.3 Å². The van der Waals surface area contributed by atoms with E-state index in [1.165, 1.54) is 18.6 Å². The van der Waals surface area contributed by atoms with Gasteiger partial charge in [-0.05, 0) is 216 Å². The molecule has 4 aromatic carbocycles. The third-order valence-corrected chi connectivity index (χ3v) is 14.3. The van der Waals surface area contributed by atoms with Crippen molar-refractivity contribution in [2.45, 2.75) is 40.0 Å². The molecule has 1 aliphatic heterocycles. The number of imide groups is 1. The minimum Gasteiger partial charge on any atom is -0.508 e. The van der Waals surface area contributed by atoms with E-state index in [1.807, 2.05) is 192 Å². The van der Waals surface area contributed by atoms with Crippen LogP contribution < -0.4 is 14.8 Å². The number of nitrogens with zero attached hydrogens (tertiary/aromatic N) is 7. The summed E-state index contributed by atoms with van der Waals surface area (Å²) in [5.41, 5.74) is 13.1. The van der Waals surface area contributed by atoms with E-state index in [0.717, 1.165) is 71.4 Å². The molecule has 95 heavy (non-hydrogen) atoms. The van der Waals surface area contributed by atoms with Crippen molar-refractivity contribution in [2.24, 2.45) is 0 Å². The van der Waals surface area contributed by atoms with Crippen molar-refractivity contribution in [3.05, 3.63) is 319 Å². The van der Waals surface area contributed by atoms with Crippen molar-refractivity contribution in [2.75, 3.05) is 0 Å². The van der Waals surface area contributed by atoms with Gasteiger partial charge in [0.05, 0.1) is 22.1 Å². The number of phenols is 2. The second-order valence-corrected chi connectivity index (χ2v) is 22.4. The number of aryl methyl sites for hydroxylation is 4. The summed E-state index contributed by atoms with van der Waals surface area (Å²) in [6.07, 6.45) is 33.7. The number of ether oxygens (including phenoxy) is 2. The highest BCUT2D eigenvalue weighted by atomic mass is 127. The Kier molecular flexibility index (Phi) is 28.3. The molecule has 1 aliphatic rings. The van der Waals surface area contributed by atoms with Crippen molar-refractivity contribution in [1.29, 1.82) is 0 Å². The van der Waals surface area contributed by atoms with E-state index in [0.29, 0.717) is 56.7 Å². The number of aromatic hydroxyl groups is 2. The maximum atomic E-state index is 12.0. The highest BCUT2D eigenvalue weighted by Crippen LogP contribution is 2.34. The number of pyridine rings is 7. The first-order valence-electron chi connectivity index (χ1n) is 29.4. The number of halogens is 2. The van der Waals surface area contributed by atoms with Gasteiger partial charge < -0.3 is 19.7 Å². The topological polar surface area (TPSA) is 229 Å². The van der Waals surface area contributed by atoms with Crippen LogP contribution in [-0.2, 0) is 9.59 Å². The second-order valence-electron chi connectivity index (χ2n) is 20.7. The van der Waals surface area contributed by atoms with Gasteiger partial charge in [-0.15, -0.1) is 0 Å². The first-order valence-corrected chi connectivity index (χ1v) is 30.9. The molecule has 0 aliphatic carbocycles. The molecule has 1 atom stereocenters. The van der Waals surface area contributed by atoms with Crippen LogP contribution in [0.2, 0.25) is 5.02 Å². The van der Waals surface area contributed by atoms with Gasteiger partial charge in [-0.25, -0.2) is 0 Å². The number of carbonyl (C=O) groups is 4. The molecule has 0 bridgehead atoms. The van der Waals surface area contributed by atoms with Crippen LogP contribution in [0.25, 0.3) is 42.5 Å². The Balaban J connectivity index is 0.000000173. The zero-order valence-electron chi connectivity index (χ0n) is 52.3. The van der Waals surface area contributed by atoms with E-state index >= 15 is 0 Å². The molecule has 3 N–H and O–H groups in total. The Hall–Kier alpha value is -11.4. The first kappa shape index (κ1) is 71.0. The number of carbonyl (C=O) groups excluding carboxylic acids is 4. The first-order chi connectivity index (χ1) is 46.0. The number of amides is 2. The maximum Gasteiger partial charge on any atom is 0.234 e. The molecule has 18 heteroatoms. The lowest BCUT2D eigenvalue weighted by Crippen LogP contribution is -2.21. The predicted molar refractivity (Wildman–Crippen MR) is 384 cm³/mol. The smallest absolute Gasteiger partial charge is 0.234 e. The van der Waals surface area contributed by atoms with Crippen LogP contribution in [0.5, 0.6) is 34.5 Å². The SMILES string of the molecule is C=Cc1ccnc(C)c1.Cc1cc(/C=C/c2ccc(Oc3ccncc3C3CC(=O)NC3=O)cc2)ccn1.Cc1cc(/C=C/c2ccc(Oc3ccncc3C=O)cc2)ccn1.Cc1cncc(/C=C/c2ccc(O)cc2)c1.O=Cc1cnccc1Cl.Oc1ccc(I)cc1. The number of aldehydes is 2. The average molecular weight is 1390 g/mol. The largest absolute Gasteiger partial charge is 0.508 e. The van der Waals surface area contributed by atoms with Gasteiger partial charge >= 0.3 is 0 Å². The Morgan fingerprint density at radius 1 is 0.484 bits per heavy atom. The standard InChI is InChI=1S/C23H19N3O3.C20H16N2O2.C14H13NO.C8H9N.C6H4ClNO.C6H5IO/c1-15-12-17(8-11-25-15)3-2-16-4-6-18(7-5-16)29-21-9-10-24-14-20(21)19-13-22(27)26-23(19)28;1-15-12-17(8-11-22-15)3-2-16-4-6-19(7-5-16)24-20-9-10-21-13-18(20)14-23;1-11-8-13(10-15-9-11)3-2-12-4-6-14(16)7-5-12;1-3-8-4-5-9-7(2)6-8;7-6-1-2-8-3-5(6)4-9;7-5-1-3-6(8)4-2-5/h2-12,14,19H,13H2,1H3,(H,26,27,28);2-14H,1H3;2-10,16H,1H3;3-6H,1H2,2H3;1-4H;1-4,8H/b3*3-2+;;;. The summed E-state index contributed by atoms with van der Waals surface area (Å²) < 4.78 is 12.8. The molecular weight excluding hydrogens is 1330 g/mol. The molecule has 8 heterocycles. The summed E-state index contributed by atoms with van der Waals surface area (Å²) in [4.78, 5) is 72.8. The van der Waals surface area contributed by atoms with Gasteiger partial charge in [-0.1, -0.05) is 97.1 Å². The third kappa shape index (κ3) is 25.0. The number of phenolic OH excluding ortho intramolecular Hbond substituents is 2. The molecular formula is C77H66ClIN8O8. The summed E-state index contributed by atoms with van der Waals surface area (Å²) in [6.45, 7) is 11.6. The summed E-state index contributed by atoms with van der Waals surface area (Å²) >= 11 is 7.74. The van der Waals surface area contributed by atoms with Crippen molar-refractivity contribution >= 4 is 101 Å². The summed E-state index contributed by atoms with van der Waals surface area (Å²) in [5.74, 6) is 1.76. The van der Waals surface area contributed by atoms with E-state index in [1.54, 1.807) is 79.6 Å². The summed E-state index contributed by atoms with van der Waals surface area (Å²) in [6, 6.07) is 48.3. The van der Waals surface area contributed by atoms with E-state index in [9.17, 15) is 19.2 Å². The molecule has 16 nitrogen and oxygen atoms in total. The molecule has 2 amide bonds. The van der Waals surface area contributed by atoms with Crippen LogP contribution in [-0.4, -0.2) is 69.5 Å². The molecule has 12 rings (SSSR count).